The van der Waals surface area contributed by atoms with E-state index >= 15 is 0 Å². The molecular formula is C24H25N5O2. The van der Waals surface area contributed by atoms with Crippen LogP contribution in [-0.2, 0) is 11.4 Å². The molecule has 0 unspecified atom stereocenters. The predicted octanol–water partition coefficient (Wildman–Crippen LogP) is 3.23. The first kappa shape index (κ1) is 19.2. The van der Waals surface area contributed by atoms with E-state index in [2.05, 4.69) is 27.1 Å². The van der Waals surface area contributed by atoms with E-state index in [1.165, 1.54) is 0 Å². The highest BCUT2D eigenvalue weighted by Gasteiger charge is 2.34. The molecule has 0 aliphatic carbocycles. The van der Waals surface area contributed by atoms with Gasteiger partial charge in [-0.3, -0.25) is 4.79 Å². The van der Waals surface area contributed by atoms with E-state index in [4.69, 9.17) is 10.5 Å². The van der Waals surface area contributed by atoms with E-state index in [1.807, 2.05) is 53.4 Å². The zero-order valence-corrected chi connectivity index (χ0v) is 17.4. The molecule has 2 aliphatic heterocycles. The van der Waals surface area contributed by atoms with Crippen molar-refractivity contribution in [3.05, 3.63) is 71.9 Å². The summed E-state index contributed by atoms with van der Waals surface area (Å²) in [4.78, 5) is 17.9. The van der Waals surface area contributed by atoms with Crippen LogP contribution in [0.4, 0.5) is 5.82 Å². The van der Waals surface area contributed by atoms with Gasteiger partial charge in [0.25, 0.3) is 0 Å². The summed E-state index contributed by atoms with van der Waals surface area (Å²) in [5.74, 6) is 2.40. The first-order valence-corrected chi connectivity index (χ1v) is 10.4. The molecule has 5 rings (SSSR count). The third kappa shape index (κ3) is 3.63. The molecule has 31 heavy (non-hydrogen) atoms. The lowest BCUT2D eigenvalue weighted by Gasteiger charge is -2.40. The maximum absolute atomic E-state index is 11.6. The Morgan fingerprint density at radius 2 is 2.00 bits per heavy atom. The summed E-state index contributed by atoms with van der Waals surface area (Å²) in [6.45, 7) is 3.98. The van der Waals surface area contributed by atoms with Crippen LogP contribution in [-0.4, -0.2) is 41.0 Å². The van der Waals surface area contributed by atoms with Gasteiger partial charge in [-0.2, -0.15) is 0 Å². The molecule has 1 fully saturated rings. The number of ether oxygens (including phenoxy) is 1. The maximum Gasteiger partial charge on any atom is 0.219 e. The van der Waals surface area contributed by atoms with Crippen LogP contribution >= 0.6 is 0 Å². The van der Waals surface area contributed by atoms with E-state index in [0.29, 0.717) is 32.2 Å². The fourth-order valence-corrected chi connectivity index (χ4v) is 4.13. The third-order valence-electron chi connectivity index (χ3n) is 5.88. The zero-order valence-electron chi connectivity index (χ0n) is 17.4. The van der Waals surface area contributed by atoms with Crippen molar-refractivity contribution < 1.29 is 9.53 Å². The molecule has 0 atom stereocenters. The number of nitrogens with zero attached hydrogens (tertiary/aromatic N) is 3. The number of amides is 1. The van der Waals surface area contributed by atoms with Crippen molar-refractivity contribution in [1.82, 2.24) is 9.47 Å². The number of likely N-dealkylation sites (tertiary alicyclic amines) is 1. The number of nitrogens with two attached hydrogens (primary N) is 1. The number of amidine groups is 1. The molecule has 2 aliphatic rings. The number of fused-ring (bicyclic) bond motifs is 1. The number of hydrogen-bond donors (Lipinski definition) is 2. The molecule has 158 valence electrons. The molecule has 0 spiro atoms. The van der Waals surface area contributed by atoms with Crippen molar-refractivity contribution in [3.63, 3.8) is 0 Å². The van der Waals surface area contributed by atoms with Gasteiger partial charge in [0.05, 0.1) is 11.6 Å². The Bertz CT molecular complexity index is 1150. The number of anilines is 1. The molecule has 7 heteroatoms. The summed E-state index contributed by atoms with van der Waals surface area (Å²) < 4.78 is 8.22. The van der Waals surface area contributed by atoms with Gasteiger partial charge in [0.15, 0.2) is 0 Å². The quantitative estimate of drug-likeness (QED) is 0.670. The molecule has 1 amide bonds. The van der Waals surface area contributed by atoms with Gasteiger partial charge in [-0.15, -0.1) is 0 Å². The Hall–Kier alpha value is -3.74. The van der Waals surface area contributed by atoms with Crippen LogP contribution in [0.5, 0.6) is 5.75 Å². The highest BCUT2D eigenvalue weighted by Crippen LogP contribution is 2.38. The fourth-order valence-electron chi connectivity index (χ4n) is 4.13. The van der Waals surface area contributed by atoms with Crippen molar-refractivity contribution >= 4 is 17.6 Å². The zero-order chi connectivity index (χ0) is 21.4. The summed E-state index contributed by atoms with van der Waals surface area (Å²) in [5.41, 5.74) is 10.4. The molecule has 3 heterocycles. The van der Waals surface area contributed by atoms with Crippen LogP contribution in [0.3, 0.4) is 0 Å². The minimum atomic E-state index is 0.106. The van der Waals surface area contributed by atoms with Gasteiger partial charge in [0.1, 0.15) is 30.7 Å². The number of carbonyl (C=O) groups excluding carboxylic acids is 1. The monoisotopic (exact) mass is 415 g/mol. The fraction of sp³-hybridized carbons (Fsp3) is 0.250. The Kier molecular flexibility index (Phi) is 4.86. The first-order valence-electron chi connectivity index (χ1n) is 10.4. The van der Waals surface area contributed by atoms with Crippen molar-refractivity contribution in [3.8, 4) is 16.9 Å². The minimum absolute atomic E-state index is 0.106. The lowest BCUT2D eigenvalue weighted by atomic mass is 10.0. The smallest absolute Gasteiger partial charge is 0.219 e. The molecule has 7 nitrogen and oxygen atoms in total. The van der Waals surface area contributed by atoms with E-state index < -0.39 is 0 Å². The van der Waals surface area contributed by atoms with E-state index in [-0.39, 0.29) is 11.9 Å². The molecule has 3 aromatic rings. The largest absolute Gasteiger partial charge is 0.489 e. The minimum Gasteiger partial charge on any atom is -0.489 e. The van der Waals surface area contributed by atoms with Crippen molar-refractivity contribution in [2.24, 2.45) is 10.7 Å². The first-order chi connectivity index (χ1) is 15.1. The molecule has 2 aromatic carbocycles. The molecule has 1 saturated heterocycles. The highest BCUT2D eigenvalue weighted by atomic mass is 16.5. The average Bonchev–Trinajstić information content (AvgIpc) is 3.13. The Morgan fingerprint density at radius 3 is 2.77 bits per heavy atom. The Labute approximate surface area is 181 Å². The van der Waals surface area contributed by atoms with Crippen LogP contribution in [0.15, 0.2) is 65.8 Å². The molecule has 0 bridgehead atoms. The second-order valence-electron chi connectivity index (χ2n) is 7.93. The van der Waals surface area contributed by atoms with Crippen LogP contribution in [0.1, 0.15) is 24.1 Å². The number of nitrogens with one attached hydrogen (secondary N) is 1. The van der Waals surface area contributed by atoms with Gasteiger partial charge in [0.2, 0.25) is 5.91 Å². The molecule has 0 saturated carbocycles. The van der Waals surface area contributed by atoms with Crippen LogP contribution in [0.25, 0.3) is 11.1 Å². The van der Waals surface area contributed by atoms with Gasteiger partial charge in [-0.05, 0) is 23.3 Å². The third-order valence-corrected chi connectivity index (χ3v) is 5.88. The summed E-state index contributed by atoms with van der Waals surface area (Å²) >= 11 is 0. The van der Waals surface area contributed by atoms with Crippen molar-refractivity contribution in [2.45, 2.75) is 19.6 Å². The van der Waals surface area contributed by atoms with Gasteiger partial charge < -0.3 is 25.3 Å². The number of aromatic nitrogens is 1. The molecular weight excluding hydrogens is 390 g/mol. The lowest BCUT2D eigenvalue weighted by Crippen LogP contribution is -2.50. The van der Waals surface area contributed by atoms with Gasteiger partial charge in [0, 0.05) is 31.8 Å². The summed E-state index contributed by atoms with van der Waals surface area (Å²) in [7, 11) is 0. The second kappa shape index (κ2) is 7.83. The number of hydrogen-bond acceptors (Lipinski definition) is 5. The number of aliphatic imine (C=N–C) groups is 1. The molecule has 3 N–H and O–H groups in total. The Morgan fingerprint density at radius 1 is 1.19 bits per heavy atom. The van der Waals surface area contributed by atoms with Crippen molar-refractivity contribution in [2.75, 3.05) is 25.1 Å². The van der Waals surface area contributed by atoms with Gasteiger partial charge in [-0.25, -0.2) is 4.99 Å². The Balaban J connectivity index is 1.45. The maximum atomic E-state index is 11.6. The van der Waals surface area contributed by atoms with Crippen LogP contribution in [0, 0.1) is 0 Å². The standard InChI is InChI=1S/C24H25N5O2/c1-16(30)28-11-19(12-28)29-13-21(22-23(25)26-15-27-24(22)29)18-8-5-9-20(10-18)31-14-17-6-3-2-4-7-17/h2-10,13,19,27H,11-12,14-15H2,1H3,(H2,25,26). The van der Waals surface area contributed by atoms with Crippen molar-refractivity contribution in [1.29, 1.82) is 0 Å². The van der Waals surface area contributed by atoms with E-state index in [0.717, 1.165) is 33.8 Å². The summed E-state index contributed by atoms with van der Waals surface area (Å²) in [5, 5.41) is 3.37. The summed E-state index contributed by atoms with van der Waals surface area (Å²) in [6, 6.07) is 18.4. The topological polar surface area (TPSA) is 84.9 Å². The SMILES string of the molecule is CC(=O)N1CC(n2cc(-c3cccc(OCc4ccccc4)c3)c3c2NCN=C3N)C1. The number of rotatable bonds is 5. The number of benzene rings is 2. The lowest BCUT2D eigenvalue weighted by molar-refractivity contribution is -0.134. The van der Waals surface area contributed by atoms with Crippen LogP contribution < -0.4 is 15.8 Å². The second-order valence-corrected chi connectivity index (χ2v) is 7.93. The molecule has 1 aromatic heterocycles. The van der Waals surface area contributed by atoms with Gasteiger partial charge >= 0.3 is 0 Å². The van der Waals surface area contributed by atoms with E-state index in [1.54, 1.807) is 6.92 Å². The van der Waals surface area contributed by atoms with E-state index in [9.17, 15) is 4.79 Å². The predicted molar refractivity (Wildman–Crippen MR) is 121 cm³/mol. The highest BCUT2D eigenvalue weighted by molar-refractivity contribution is 6.09. The average molecular weight is 415 g/mol. The van der Waals surface area contributed by atoms with Crippen LogP contribution in [0.2, 0.25) is 0 Å². The molecule has 0 radical (unpaired) electrons. The van der Waals surface area contributed by atoms with Gasteiger partial charge in [-0.1, -0.05) is 42.5 Å². The normalized spacial score (nSPS) is 15.5. The summed E-state index contributed by atoms with van der Waals surface area (Å²) in [6.07, 6.45) is 2.11. The number of carbonyl (C=O) groups is 1.